The Morgan fingerprint density at radius 3 is 2.57 bits per heavy atom. The number of nitrogens with one attached hydrogen (secondary N) is 1. The third-order valence-electron chi connectivity index (χ3n) is 5.18. The Morgan fingerprint density at radius 2 is 1.90 bits per heavy atom. The fraction of sp³-hybridized carbons (Fsp3) is 0.273. The number of allylic oxidation sites excluding steroid dienone is 4. The number of carbonyl (C=O) groups is 1. The van der Waals surface area contributed by atoms with E-state index in [0.29, 0.717) is 40.3 Å². The van der Waals surface area contributed by atoms with Crippen molar-refractivity contribution in [2.24, 2.45) is 0 Å². The number of nitriles is 1. The highest BCUT2D eigenvalue weighted by Gasteiger charge is 2.37. The lowest BCUT2D eigenvalue weighted by Crippen LogP contribution is -2.31. The van der Waals surface area contributed by atoms with Crippen LogP contribution in [-0.2, 0) is 4.79 Å². The van der Waals surface area contributed by atoms with Crippen LogP contribution in [0.15, 0.2) is 63.4 Å². The Morgan fingerprint density at radius 1 is 1.17 bits per heavy atom. The third-order valence-corrected chi connectivity index (χ3v) is 5.18. The largest absolute Gasteiger partial charge is 0.573 e. The van der Waals surface area contributed by atoms with Crippen LogP contribution in [0.1, 0.15) is 37.9 Å². The number of furan rings is 1. The van der Waals surface area contributed by atoms with E-state index >= 15 is 0 Å². The van der Waals surface area contributed by atoms with Crippen molar-refractivity contribution in [2.45, 2.75) is 38.5 Å². The van der Waals surface area contributed by atoms with Crippen LogP contribution in [0.5, 0.6) is 5.75 Å². The van der Waals surface area contributed by atoms with Gasteiger partial charge in [-0.05, 0) is 56.2 Å². The number of benzene rings is 1. The van der Waals surface area contributed by atoms with Gasteiger partial charge in [0.1, 0.15) is 17.3 Å². The van der Waals surface area contributed by atoms with Crippen molar-refractivity contribution >= 4 is 5.78 Å². The average Bonchev–Trinajstić information content (AvgIpc) is 3.16. The highest BCUT2D eigenvalue weighted by molar-refractivity contribution is 5.99. The second-order valence-electron chi connectivity index (χ2n) is 7.15. The molecule has 1 atom stereocenters. The van der Waals surface area contributed by atoms with E-state index < -0.39 is 12.3 Å². The molecule has 1 aliphatic heterocycles. The maximum absolute atomic E-state index is 12.6. The predicted octanol–water partition coefficient (Wildman–Crippen LogP) is 5.34. The van der Waals surface area contributed by atoms with Crippen LogP contribution in [0.2, 0.25) is 0 Å². The zero-order chi connectivity index (χ0) is 21.5. The minimum atomic E-state index is -4.76. The van der Waals surface area contributed by atoms with Gasteiger partial charge in [-0.25, -0.2) is 0 Å². The molecule has 4 rings (SSSR count). The fourth-order valence-electron chi connectivity index (χ4n) is 3.90. The number of hydrogen-bond donors (Lipinski definition) is 1. The number of ketones is 1. The van der Waals surface area contributed by atoms with Gasteiger partial charge in [0, 0.05) is 29.0 Å². The first kappa shape index (κ1) is 19.8. The molecule has 5 nitrogen and oxygen atoms in total. The van der Waals surface area contributed by atoms with Crippen LogP contribution < -0.4 is 10.1 Å². The number of nitrogens with zero attached hydrogens (tertiary/aromatic N) is 1. The first-order valence-electron chi connectivity index (χ1n) is 9.37. The lowest BCUT2D eigenvalue weighted by Gasteiger charge is -2.31. The van der Waals surface area contributed by atoms with Gasteiger partial charge in [0.25, 0.3) is 0 Å². The normalized spacial score (nSPS) is 19.3. The maximum Gasteiger partial charge on any atom is 0.573 e. The molecule has 1 aromatic heterocycles. The van der Waals surface area contributed by atoms with Crippen LogP contribution in [-0.4, -0.2) is 12.1 Å². The van der Waals surface area contributed by atoms with Gasteiger partial charge in [-0.15, -0.1) is 13.2 Å². The monoisotopic (exact) mass is 414 g/mol. The molecule has 0 amide bonds. The lowest BCUT2D eigenvalue weighted by atomic mass is 9.78. The summed E-state index contributed by atoms with van der Waals surface area (Å²) in [6.45, 7) is 1.79. The number of rotatable bonds is 3. The fourth-order valence-corrected chi connectivity index (χ4v) is 3.90. The molecule has 0 bridgehead atoms. The highest BCUT2D eigenvalue weighted by atomic mass is 19.4. The van der Waals surface area contributed by atoms with Crippen molar-refractivity contribution in [3.05, 3.63) is 64.7 Å². The van der Waals surface area contributed by atoms with Crippen LogP contribution in [0, 0.1) is 11.3 Å². The van der Waals surface area contributed by atoms with Crippen molar-refractivity contribution < 1.29 is 27.1 Å². The Labute approximate surface area is 170 Å². The summed E-state index contributed by atoms with van der Waals surface area (Å²) in [5.74, 6) is -0.0752. The molecule has 1 aromatic carbocycles. The molecule has 0 radical (unpaired) electrons. The number of Topliss-reactive ketones (excluding diaryl/α,β-unsaturated/α-hetero) is 1. The quantitative estimate of drug-likeness (QED) is 0.734. The predicted molar refractivity (Wildman–Crippen MR) is 101 cm³/mol. The number of carbonyl (C=O) groups excluding carboxylic acids is 1. The number of alkyl halides is 3. The maximum atomic E-state index is 12.6. The van der Waals surface area contributed by atoms with Gasteiger partial charge >= 0.3 is 6.36 Å². The zero-order valence-electron chi connectivity index (χ0n) is 16.0. The van der Waals surface area contributed by atoms with Gasteiger partial charge in [0.2, 0.25) is 0 Å². The van der Waals surface area contributed by atoms with Crippen LogP contribution in [0.4, 0.5) is 13.2 Å². The molecule has 0 saturated carbocycles. The Bertz CT molecular complexity index is 1100. The molecule has 8 heteroatoms. The number of hydrogen-bond acceptors (Lipinski definition) is 5. The molecule has 2 heterocycles. The summed E-state index contributed by atoms with van der Waals surface area (Å²) in [5, 5.41) is 12.9. The van der Waals surface area contributed by atoms with E-state index in [0.717, 1.165) is 18.5 Å². The molecule has 0 saturated heterocycles. The van der Waals surface area contributed by atoms with Gasteiger partial charge in [-0.2, -0.15) is 5.26 Å². The van der Waals surface area contributed by atoms with Gasteiger partial charge in [0.05, 0.1) is 17.6 Å². The second-order valence-corrected chi connectivity index (χ2v) is 7.15. The molecule has 1 aliphatic carbocycles. The summed E-state index contributed by atoms with van der Waals surface area (Å²) in [6, 6.07) is 10.9. The summed E-state index contributed by atoms with van der Waals surface area (Å²) in [5.41, 5.74) is 3.02. The molecule has 0 fully saturated rings. The first-order chi connectivity index (χ1) is 14.3. The van der Waals surface area contributed by atoms with E-state index in [2.05, 4.69) is 16.1 Å². The molecule has 1 unspecified atom stereocenters. The SMILES string of the molecule is CC1=C(C#N)C(c2ccc(-c3ccc(OC(F)(F)F)cc3)o2)C2=C(CCCC2=O)N1. The number of halogens is 3. The zero-order valence-corrected chi connectivity index (χ0v) is 16.0. The summed E-state index contributed by atoms with van der Waals surface area (Å²) in [7, 11) is 0. The summed E-state index contributed by atoms with van der Waals surface area (Å²) >= 11 is 0. The van der Waals surface area contributed by atoms with E-state index in [1.807, 2.05) is 0 Å². The second kappa shape index (κ2) is 7.41. The standard InChI is InChI=1S/C22H17F3N2O3/c1-12-15(11-26)20(21-16(27-12)3-2-4-17(21)28)19-10-9-18(29-19)13-5-7-14(8-6-13)30-22(23,24)25/h5-10,20,27H,2-4H2,1H3. The minimum absolute atomic E-state index is 0.0133. The van der Waals surface area contributed by atoms with Gasteiger partial charge in [-0.1, -0.05) is 0 Å². The van der Waals surface area contributed by atoms with Gasteiger partial charge in [-0.3, -0.25) is 4.79 Å². The molecular formula is C22H17F3N2O3. The molecule has 154 valence electrons. The highest BCUT2D eigenvalue weighted by Crippen LogP contribution is 2.43. The Balaban J connectivity index is 1.68. The van der Waals surface area contributed by atoms with Crippen LogP contribution in [0.3, 0.4) is 0 Å². The molecule has 30 heavy (non-hydrogen) atoms. The summed E-state index contributed by atoms with van der Waals surface area (Å²) in [4.78, 5) is 12.6. The molecule has 2 aliphatic rings. The van der Waals surface area contributed by atoms with Crippen molar-refractivity contribution in [3.63, 3.8) is 0 Å². The Kier molecular flexibility index (Phi) is 4.90. The molecule has 1 N–H and O–H groups in total. The van der Waals surface area contributed by atoms with E-state index in [9.17, 15) is 23.2 Å². The smallest absolute Gasteiger partial charge is 0.460 e. The summed E-state index contributed by atoms with van der Waals surface area (Å²) < 4.78 is 46.9. The third kappa shape index (κ3) is 3.71. The minimum Gasteiger partial charge on any atom is -0.460 e. The van der Waals surface area contributed by atoms with E-state index in [-0.39, 0.29) is 11.5 Å². The van der Waals surface area contributed by atoms with E-state index in [4.69, 9.17) is 4.42 Å². The molecule has 0 spiro atoms. The Hall–Kier alpha value is -3.47. The lowest BCUT2D eigenvalue weighted by molar-refractivity contribution is -0.274. The van der Waals surface area contributed by atoms with Crippen molar-refractivity contribution in [2.75, 3.05) is 0 Å². The summed E-state index contributed by atoms with van der Waals surface area (Å²) in [6.07, 6.45) is -2.86. The van der Waals surface area contributed by atoms with Gasteiger partial charge in [0.15, 0.2) is 5.78 Å². The molecular weight excluding hydrogens is 397 g/mol. The molecule has 2 aromatic rings. The van der Waals surface area contributed by atoms with Crippen LogP contribution >= 0.6 is 0 Å². The van der Waals surface area contributed by atoms with E-state index in [1.165, 1.54) is 24.3 Å². The number of ether oxygens (including phenoxy) is 1. The van der Waals surface area contributed by atoms with Crippen molar-refractivity contribution in [1.82, 2.24) is 5.32 Å². The topological polar surface area (TPSA) is 75.3 Å². The van der Waals surface area contributed by atoms with Crippen LogP contribution in [0.25, 0.3) is 11.3 Å². The number of dihydropyridines is 1. The average molecular weight is 414 g/mol. The van der Waals surface area contributed by atoms with Gasteiger partial charge < -0.3 is 14.5 Å². The first-order valence-corrected chi connectivity index (χ1v) is 9.37. The van der Waals surface area contributed by atoms with Crippen molar-refractivity contribution in [1.29, 1.82) is 5.26 Å². The van der Waals surface area contributed by atoms with E-state index in [1.54, 1.807) is 19.1 Å². The van der Waals surface area contributed by atoms with Crippen molar-refractivity contribution in [3.8, 4) is 23.1 Å².